The molecule has 0 radical (unpaired) electrons. The molecule has 48 heavy (non-hydrogen) atoms. The van der Waals surface area contributed by atoms with Crippen LogP contribution in [-0.2, 0) is 0 Å². The van der Waals surface area contributed by atoms with Gasteiger partial charge in [-0.1, -0.05) is 146 Å². The average molecular weight is 616 g/mol. The van der Waals surface area contributed by atoms with Crippen molar-refractivity contribution in [3.63, 3.8) is 0 Å². The summed E-state index contributed by atoms with van der Waals surface area (Å²) in [5, 5.41) is 2.21. The van der Waals surface area contributed by atoms with Crippen LogP contribution < -0.4 is 0 Å². The molecule has 0 saturated carbocycles. The molecule has 8 rings (SSSR count). The topological polar surface area (TPSA) is 25.5 Å². The van der Waals surface area contributed by atoms with Crippen LogP contribution >= 0.6 is 0 Å². The van der Waals surface area contributed by atoms with Gasteiger partial charge in [0.25, 0.3) is 0 Å². The number of hydrogen-bond acceptors (Lipinski definition) is 2. The molecule has 0 amide bonds. The van der Waals surface area contributed by atoms with E-state index in [9.17, 15) is 0 Å². The minimum atomic E-state index is 0.702. The SMILES string of the molecule is C=C(N=C(C)c1ccc(-c2c(-c3ccccc3)cc(-c3ccccc3)cc2-c2ccccc2)cc1)c1ccc2c(c1)oc1ccccc12. The minimum absolute atomic E-state index is 0.702. The van der Waals surface area contributed by atoms with E-state index in [1.165, 1.54) is 38.9 Å². The Hall–Kier alpha value is -6.25. The molecule has 2 nitrogen and oxygen atoms in total. The lowest BCUT2D eigenvalue weighted by Crippen LogP contribution is -1.97. The summed E-state index contributed by atoms with van der Waals surface area (Å²) in [7, 11) is 0. The Balaban J connectivity index is 1.19. The summed E-state index contributed by atoms with van der Waals surface area (Å²) >= 11 is 0. The van der Waals surface area contributed by atoms with E-state index in [2.05, 4.69) is 152 Å². The molecule has 0 bridgehead atoms. The number of para-hydroxylation sites is 1. The van der Waals surface area contributed by atoms with E-state index in [1.807, 2.05) is 31.2 Å². The van der Waals surface area contributed by atoms with Crippen LogP contribution in [0.5, 0.6) is 0 Å². The number of fused-ring (bicyclic) bond motifs is 3. The number of benzene rings is 7. The molecule has 0 aliphatic rings. The van der Waals surface area contributed by atoms with Crippen LogP contribution in [0.4, 0.5) is 0 Å². The molecular weight excluding hydrogens is 583 g/mol. The molecule has 0 aliphatic heterocycles. The molecule has 0 N–H and O–H groups in total. The van der Waals surface area contributed by atoms with Crippen molar-refractivity contribution >= 4 is 33.3 Å². The van der Waals surface area contributed by atoms with E-state index in [0.29, 0.717) is 5.70 Å². The molecule has 1 aromatic heterocycles. The zero-order chi connectivity index (χ0) is 32.5. The molecule has 0 unspecified atom stereocenters. The van der Waals surface area contributed by atoms with Crippen LogP contribution in [0.15, 0.2) is 186 Å². The van der Waals surface area contributed by atoms with Crippen LogP contribution in [0.1, 0.15) is 18.1 Å². The largest absolute Gasteiger partial charge is 0.456 e. The van der Waals surface area contributed by atoms with Crippen molar-refractivity contribution in [1.82, 2.24) is 0 Å². The van der Waals surface area contributed by atoms with Crippen LogP contribution in [0.3, 0.4) is 0 Å². The molecule has 1 heterocycles. The van der Waals surface area contributed by atoms with E-state index in [4.69, 9.17) is 9.41 Å². The van der Waals surface area contributed by atoms with Gasteiger partial charge in [-0.05, 0) is 87.3 Å². The lowest BCUT2D eigenvalue weighted by Gasteiger charge is -2.19. The molecule has 0 saturated heterocycles. The third kappa shape index (κ3) is 5.55. The summed E-state index contributed by atoms with van der Waals surface area (Å²) in [6.45, 7) is 6.35. The Bertz CT molecular complexity index is 2370. The second-order valence-electron chi connectivity index (χ2n) is 12.1. The van der Waals surface area contributed by atoms with Gasteiger partial charge in [0.2, 0.25) is 0 Å². The van der Waals surface area contributed by atoms with Crippen molar-refractivity contribution in [2.75, 3.05) is 0 Å². The van der Waals surface area contributed by atoms with Crippen LogP contribution in [0, 0.1) is 0 Å². The van der Waals surface area contributed by atoms with Gasteiger partial charge in [0.1, 0.15) is 11.2 Å². The highest BCUT2D eigenvalue weighted by atomic mass is 16.3. The average Bonchev–Trinajstić information content (AvgIpc) is 3.53. The Kier molecular flexibility index (Phi) is 7.60. The summed E-state index contributed by atoms with van der Waals surface area (Å²) in [4.78, 5) is 4.94. The molecule has 7 aromatic carbocycles. The first-order chi connectivity index (χ1) is 23.6. The fourth-order valence-corrected chi connectivity index (χ4v) is 6.56. The van der Waals surface area contributed by atoms with E-state index in [-0.39, 0.29) is 0 Å². The third-order valence-corrected chi connectivity index (χ3v) is 9.02. The van der Waals surface area contributed by atoms with Crippen LogP contribution in [-0.4, -0.2) is 5.71 Å². The fraction of sp³-hybridized carbons (Fsp3) is 0.0217. The van der Waals surface area contributed by atoms with Crippen molar-refractivity contribution in [2.45, 2.75) is 6.92 Å². The zero-order valence-electron chi connectivity index (χ0n) is 26.7. The van der Waals surface area contributed by atoms with E-state index in [1.54, 1.807) is 0 Å². The van der Waals surface area contributed by atoms with Gasteiger partial charge in [0.05, 0.1) is 5.70 Å². The summed E-state index contributed by atoms with van der Waals surface area (Å²) in [5.41, 5.74) is 14.8. The van der Waals surface area contributed by atoms with Gasteiger partial charge in [-0.15, -0.1) is 0 Å². The highest BCUT2D eigenvalue weighted by molar-refractivity contribution is 6.06. The third-order valence-electron chi connectivity index (χ3n) is 9.02. The monoisotopic (exact) mass is 615 g/mol. The number of furan rings is 1. The van der Waals surface area contributed by atoms with E-state index < -0.39 is 0 Å². The Morgan fingerprint density at radius 1 is 0.458 bits per heavy atom. The van der Waals surface area contributed by atoms with Crippen molar-refractivity contribution in [1.29, 1.82) is 0 Å². The van der Waals surface area contributed by atoms with E-state index in [0.717, 1.165) is 44.3 Å². The maximum Gasteiger partial charge on any atom is 0.136 e. The van der Waals surface area contributed by atoms with Gasteiger partial charge in [0.15, 0.2) is 0 Å². The van der Waals surface area contributed by atoms with E-state index >= 15 is 0 Å². The van der Waals surface area contributed by atoms with Gasteiger partial charge in [-0.25, -0.2) is 0 Å². The first kappa shape index (κ1) is 29.2. The van der Waals surface area contributed by atoms with Gasteiger partial charge in [-0.2, -0.15) is 0 Å². The predicted molar refractivity (Wildman–Crippen MR) is 203 cm³/mol. The molecular formula is C46H33NO. The van der Waals surface area contributed by atoms with Crippen molar-refractivity contribution in [2.24, 2.45) is 4.99 Å². The molecule has 8 aromatic rings. The molecule has 0 atom stereocenters. The maximum atomic E-state index is 6.11. The first-order valence-electron chi connectivity index (χ1n) is 16.2. The standard InChI is InChI=1S/C46H33NO/c1-31(47-32(2)38-26-27-41-40-20-12-13-21-44(40)48-45(41)30-38)33-22-24-37(25-23-33)46-42(35-16-8-4-9-17-35)28-39(34-14-6-3-7-15-34)29-43(46)36-18-10-5-11-19-36/h3-30H,2H2,1H3. The Labute approximate surface area is 281 Å². The molecule has 2 heteroatoms. The van der Waals surface area contributed by atoms with Gasteiger partial charge in [0, 0.05) is 22.0 Å². The summed E-state index contributed by atoms with van der Waals surface area (Å²) in [6, 6.07) is 59.7. The first-order valence-corrected chi connectivity index (χ1v) is 16.2. The summed E-state index contributed by atoms with van der Waals surface area (Å²) in [6.07, 6.45) is 0. The van der Waals surface area contributed by atoms with Crippen LogP contribution in [0.2, 0.25) is 0 Å². The summed E-state index contributed by atoms with van der Waals surface area (Å²) in [5.74, 6) is 0. The van der Waals surface area contributed by atoms with Crippen molar-refractivity contribution in [3.8, 4) is 44.5 Å². The normalized spacial score (nSPS) is 11.6. The smallest absolute Gasteiger partial charge is 0.136 e. The Morgan fingerprint density at radius 2 is 0.979 bits per heavy atom. The maximum absolute atomic E-state index is 6.11. The van der Waals surface area contributed by atoms with Gasteiger partial charge >= 0.3 is 0 Å². The minimum Gasteiger partial charge on any atom is -0.456 e. The molecule has 228 valence electrons. The highest BCUT2D eigenvalue weighted by Crippen LogP contribution is 2.43. The number of rotatable bonds is 7. The second-order valence-corrected chi connectivity index (χ2v) is 12.1. The van der Waals surface area contributed by atoms with Crippen molar-refractivity contribution in [3.05, 3.63) is 188 Å². The zero-order valence-corrected chi connectivity index (χ0v) is 26.7. The number of hydrogen-bond donors (Lipinski definition) is 0. The lowest BCUT2D eigenvalue weighted by atomic mass is 9.84. The second kappa shape index (κ2) is 12.5. The fourth-order valence-electron chi connectivity index (χ4n) is 6.56. The van der Waals surface area contributed by atoms with Crippen LogP contribution in [0.25, 0.3) is 72.1 Å². The predicted octanol–water partition coefficient (Wildman–Crippen LogP) is 12.7. The quantitative estimate of drug-likeness (QED) is 0.164. The summed E-state index contributed by atoms with van der Waals surface area (Å²) < 4.78 is 6.11. The lowest BCUT2D eigenvalue weighted by molar-refractivity contribution is 0.669. The van der Waals surface area contributed by atoms with Gasteiger partial charge in [-0.3, -0.25) is 4.99 Å². The van der Waals surface area contributed by atoms with Crippen molar-refractivity contribution < 1.29 is 4.42 Å². The molecule has 0 spiro atoms. The Morgan fingerprint density at radius 3 is 1.60 bits per heavy atom. The number of aliphatic imine (C=N–C) groups is 1. The molecule has 0 fully saturated rings. The van der Waals surface area contributed by atoms with Gasteiger partial charge < -0.3 is 4.42 Å². The number of nitrogens with zero attached hydrogens (tertiary/aromatic N) is 1. The highest BCUT2D eigenvalue weighted by Gasteiger charge is 2.17. The molecule has 0 aliphatic carbocycles.